The van der Waals surface area contributed by atoms with E-state index in [9.17, 15) is 4.39 Å². The van der Waals surface area contributed by atoms with Crippen molar-refractivity contribution >= 4 is 37.8 Å². The number of nitrogens with one attached hydrogen (secondary N) is 2. The fourth-order valence-corrected chi connectivity index (χ4v) is 4.39. The third-order valence-corrected chi connectivity index (χ3v) is 6.18. The van der Waals surface area contributed by atoms with Crippen LogP contribution in [-0.4, -0.2) is 5.96 Å². The van der Waals surface area contributed by atoms with Crippen LogP contribution in [0.25, 0.3) is 0 Å². The van der Waals surface area contributed by atoms with Gasteiger partial charge < -0.3 is 10.6 Å². The van der Waals surface area contributed by atoms with Gasteiger partial charge in [0.25, 0.3) is 0 Å². The van der Waals surface area contributed by atoms with E-state index in [-0.39, 0.29) is 17.9 Å². The first kappa shape index (κ1) is 19.2. The summed E-state index contributed by atoms with van der Waals surface area (Å²) in [4.78, 5) is 4.68. The summed E-state index contributed by atoms with van der Waals surface area (Å²) in [6.45, 7) is 0.473. The molecule has 1 saturated heterocycles. The van der Waals surface area contributed by atoms with Gasteiger partial charge in [-0.1, -0.05) is 80.4 Å². The fraction of sp³-hybridized carbons (Fsp3) is 0.136. The van der Waals surface area contributed by atoms with Crippen LogP contribution in [0.1, 0.15) is 28.8 Å². The highest BCUT2D eigenvalue weighted by Gasteiger charge is 2.34. The predicted molar refractivity (Wildman–Crippen MR) is 118 cm³/mol. The highest BCUT2D eigenvalue weighted by molar-refractivity contribution is 9.10. The van der Waals surface area contributed by atoms with Gasteiger partial charge in [-0.15, -0.1) is 0 Å². The van der Waals surface area contributed by atoms with E-state index in [0.29, 0.717) is 6.54 Å². The first-order valence-corrected chi connectivity index (χ1v) is 10.5. The Kier molecular flexibility index (Phi) is 5.78. The van der Waals surface area contributed by atoms with Crippen molar-refractivity contribution in [3.05, 3.63) is 104 Å². The van der Waals surface area contributed by atoms with Crippen molar-refractivity contribution in [3.63, 3.8) is 0 Å². The van der Waals surface area contributed by atoms with Crippen LogP contribution >= 0.6 is 31.9 Å². The van der Waals surface area contributed by atoms with E-state index < -0.39 is 0 Å². The van der Waals surface area contributed by atoms with Crippen molar-refractivity contribution in [1.82, 2.24) is 10.6 Å². The van der Waals surface area contributed by atoms with Gasteiger partial charge in [0.2, 0.25) is 0 Å². The van der Waals surface area contributed by atoms with E-state index in [4.69, 9.17) is 0 Å². The predicted octanol–water partition coefficient (Wildman–Crippen LogP) is 5.88. The van der Waals surface area contributed by atoms with Crippen LogP contribution in [0.3, 0.4) is 0 Å². The maximum absolute atomic E-state index is 13.1. The van der Waals surface area contributed by atoms with Crippen molar-refractivity contribution in [3.8, 4) is 0 Å². The molecule has 28 heavy (non-hydrogen) atoms. The molecule has 142 valence electrons. The maximum atomic E-state index is 13.1. The Balaban J connectivity index is 1.65. The van der Waals surface area contributed by atoms with Crippen LogP contribution in [0.4, 0.5) is 4.39 Å². The number of benzene rings is 3. The Morgan fingerprint density at radius 2 is 1.25 bits per heavy atom. The van der Waals surface area contributed by atoms with Crippen LogP contribution < -0.4 is 10.6 Å². The number of hydrogen-bond acceptors (Lipinski definition) is 1. The molecule has 1 heterocycles. The topological polar surface area (TPSA) is 36.4 Å². The number of hydrogen-bond donors (Lipinski definition) is 2. The number of guanidine groups is 1. The summed E-state index contributed by atoms with van der Waals surface area (Å²) >= 11 is 7.34. The van der Waals surface area contributed by atoms with Crippen LogP contribution in [0.15, 0.2) is 86.7 Å². The average Bonchev–Trinajstić information content (AvgIpc) is 3.12. The Hall–Kier alpha value is -2.18. The lowest BCUT2D eigenvalue weighted by Gasteiger charge is -2.21. The molecule has 0 radical (unpaired) electrons. The second kappa shape index (κ2) is 8.45. The molecule has 1 aliphatic rings. The highest BCUT2D eigenvalue weighted by atomic mass is 79.9. The van der Waals surface area contributed by atoms with Crippen LogP contribution in [0.5, 0.6) is 0 Å². The van der Waals surface area contributed by atoms with Gasteiger partial charge in [0, 0.05) is 8.95 Å². The second-order valence-electron chi connectivity index (χ2n) is 6.58. The molecule has 0 bridgehead atoms. The van der Waals surface area contributed by atoms with Crippen molar-refractivity contribution in [2.45, 2.75) is 18.6 Å². The minimum absolute atomic E-state index is 0.0150. The Morgan fingerprint density at radius 3 is 1.75 bits per heavy atom. The molecule has 3 aromatic rings. The van der Waals surface area contributed by atoms with Gasteiger partial charge in [-0.05, 0) is 41.0 Å². The molecule has 4 rings (SSSR count). The van der Waals surface area contributed by atoms with Gasteiger partial charge in [-0.3, -0.25) is 0 Å². The summed E-state index contributed by atoms with van der Waals surface area (Å²) in [6.07, 6.45) is 0. The monoisotopic (exact) mass is 501 g/mol. The van der Waals surface area contributed by atoms with Crippen molar-refractivity contribution in [2.24, 2.45) is 4.99 Å². The SMILES string of the molecule is Fc1ccc(CN=C2N[C@H](c3ccccc3Br)[C@H](c3ccccc3Br)N2)cc1. The zero-order valence-corrected chi connectivity index (χ0v) is 18.0. The zero-order chi connectivity index (χ0) is 19.5. The molecule has 2 N–H and O–H groups in total. The van der Waals surface area contributed by atoms with Gasteiger partial charge in [0.1, 0.15) is 5.82 Å². The summed E-state index contributed by atoms with van der Waals surface area (Å²) in [5.74, 6) is 0.488. The van der Waals surface area contributed by atoms with Crippen LogP contribution in [0.2, 0.25) is 0 Å². The molecule has 0 unspecified atom stereocenters. The van der Waals surface area contributed by atoms with Crippen LogP contribution in [0, 0.1) is 5.82 Å². The summed E-state index contributed by atoms with van der Waals surface area (Å²) in [6, 6.07) is 22.8. The Labute approximate surface area is 180 Å². The van der Waals surface area contributed by atoms with Crippen molar-refractivity contribution in [1.29, 1.82) is 0 Å². The minimum Gasteiger partial charge on any atom is -0.347 e. The lowest BCUT2D eigenvalue weighted by atomic mass is 9.95. The van der Waals surface area contributed by atoms with Crippen molar-refractivity contribution < 1.29 is 4.39 Å². The van der Waals surface area contributed by atoms with E-state index in [1.54, 1.807) is 12.1 Å². The summed E-state index contributed by atoms with van der Waals surface area (Å²) in [5, 5.41) is 7.04. The normalized spacial score (nSPS) is 20.0. The first-order valence-electron chi connectivity index (χ1n) is 8.92. The van der Waals surface area contributed by atoms with E-state index in [2.05, 4.69) is 59.6 Å². The molecule has 0 amide bonds. The molecule has 1 aliphatic heterocycles. The molecule has 3 nitrogen and oxygen atoms in total. The summed E-state index contributed by atoms with van der Waals surface area (Å²) in [5.41, 5.74) is 3.27. The molecule has 0 saturated carbocycles. The first-order chi connectivity index (χ1) is 13.6. The lowest BCUT2D eigenvalue weighted by Crippen LogP contribution is -2.25. The number of halogens is 3. The van der Waals surface area contributed by atoms with Gasteiger partial charge in [0.15, 0.2) is 5.96 Å². The largest absolute Gasteiger partial charge is 0.347 e. The average molecular weight is 503 g/mol. The zero-order valence-electron chi connectivity index (χ0n) is 14.9. The van der Waals surface area contributed by atoms with E-state index in [1.165, 1.54) is 12.1 Å². The van der Waals surface area contributed by atoms with Crippen molar-refractivity contribution in [2.75, 3.05) is 0 Å². The third-order valence-electron chi connectivity index (χ3n) is 4.73. The molecule has 6 heteroatoms. The van der Waals surface area contributed by atoms with Crippen LogP contribution in [-0.2, 0) is 6.54 Å². The lowest BCUT2D eigenvalue weighted by molar-refractivity contribution is 0.550. The van der Waals surface area contributed by atoms with E-state index in [0.717, 1.165) is 31.6 Å². The van der Waals surface area contributed by atoms with E-state index >= 15 is 0 Å². The molecule has 1 fully saturated rings. The number of aliphatic imine (C=N–C) groups is 1. The summed E-state index contributed by atoms with van der Waals surface area (Å²) < 4.78 is 15.2. The quantitative estimate of drug-likeness (QED) is 0.467. The Bertz CT molecular complexity index is 949. The summed E-state index contributed by atoms with van der Waals surface area (Å²) in [7, 11) is 0. The van der Waals surface area contributed by atoms with Gasteiger partial charge in [0.05, 0.1) is 18.6 Å². The standard InChI is InChI=1S/C22H18Br2FN3/c23-18-7-3-1-5-16(18)20-21(17-6-2-4-8-19(17)24)28-22(27-20)26-13-14-9-11-15(25)12-10-14/h1-12,20-21H,13H2,(H2,26,27,28)/t20-,21+. The molecular formula is C22H18Br2FN3. The molecule has 0 aromatic heterocycles. The molecule has 3 aromatic carbocycles. The minimum atomic E-state index is -0.239. The van der Waals surface area contributed by atoms with E-state index in [1.807, 2.05) is 36.4 Å². The second-order valence-corrected chi connectivity index (χ2v) is 8.29. The smallest absolute Gasteiger partial charge is 0.192 e. The fourth-order valence-electron chi connectivity index (χ4n) is 3.32. The maximum Gasteiger partial charge on any atom is 0.192 e. The number of rotatable bonds is 4. The molecule has 0 spiro atoms. The molecule has 2 atom stereocenters. The third kappa shape index (κ3) is 4.13. The Morgan fingerprint density at radius 1 is 0.750 bits per heavy atom. The van der Waals surface area contributed by atoms with Gasteiger partial charge >= 0.3 is 0 Å². The molecular weight excluding hydrogens is 485 g/mol. The molecule has 0 aliphatic carbocycles. The van der Waals surface area contributed by atoms with Gasteiger partial charge in [-0.2, -0.15) is 0 Å². The number of nitrogens with zero attached hydrogens (tertiary/aromatic N) is 1. The highest BCUT2D eigenvalue weighted by Crippen LogP contribution is 2.38. The van der Waals surface area contributed by atoms with Gasteiger partial charge in [-0.25, -0.2) is 9.38 Å².